The van der Waals surface area contributed by atoms with Gasteiger partial charge in [-0.2, -0.15) is 9.90 Å². The maximum Gasteiger partial charge on any atom is 0.135 e. The van der Waals surface area contributed by atoms with Gasteiger partial charge >= 0.3 is 0 Å². The quantitative estimate of drug-likeness (QED) is 0.660. The zero-order valence-corrected chi connectivity index (χ0v) is 14.7. The van der Waals surface area contributed by atoms with E-state index < -0.39 is 0 Å². The van der Waals surface area contributed by atoms with E-state index in [4.69, 9.17) is 11.6 Å². The highest BCUT2D eigenvalue weighted by molar-refractivity contribution is 9.10. The molecule has 23 heavy (non-hydrogen) atoms. The zero-order chi connectivity index (χ0) is 16.4. The Labute approximate surface area is 147 Å². The molecule has 0 spiro atoms. The van der Waals surface area contributed by atoms with Gasteiger partial charge in [0.05, 0.1) is 17.8 Å². The number of rotatable bonds is 4. The van der Waals surface area contributed by atoms with E-state index in [1.165, 1.54) is 0 Å². The summed E-state index contributed by atoms with van der Waals surface area (Å²) in [7, 11) is 0. The summed E-state index contributed by atoms with van der Waals surface area (Å²) in [6.07, 6.45) is 0.245. The number of Topliss-reactive ketones (excluding diaryl/α,β-unsaturated/α-hetero) is 1. The maximum atomic E-state index is 11.5. The van der Waals surface area contributed by atoms with Gasteiger partial charge in [0, 0.05) is 15.1 Å². The molecule has 0 saturated heterocycles. The smallest absolute Gasteiger partial charge is 0.135 e. The molecule has 0 radical (unpaired) electrons. The van der Waals surface area contributed by atoms with Gasteiger partial charge in [-0.3, -0.25) is 4.79 Å². The van der Waals surface area contributed by atoms with Crippen molar-refractivity contribution in [1.29, 1.82) is 0 Å². The van der Waals surface area contributed by atoms with Gasteiger partial charge in [0.1, 0.15) is 11.5 Å². The first-order chi connectivity index (χ1) is 11.0. The van der Waals surface area contributed by atoms with Crippen LogP contribution in [0.25, 0.3) is 16.9 Å². The number of aromatic nitrogens is 3. The van der Waals surface area contributed by atoms with Crippen molar-refractivity contribution in [2.45, 2.75) is 13.3 Å². The molecular formula is C17H13BrClN3O. The molecule has 1 aromatic heterocycles. The van der Waals surface area contributed by atoms with Crippen LogP contribution in [0, 0.1) is 0 Å². The average molecular weight is 391 g/mol. The van der Waals surface area contributed by atoms with Crippen LogP contribution in [0.4, 0.5) is 0 Å². The SMILES string of the molecule is CC(=O)Cc1nn(-c2ccc(Br)cc2)nc1-c1ccc(Cl)cc1. The minimum absolute atomic E-state index is 0.0445. The maximum absolute atomic E-state index is 11.5. The number of carbonyl (C=O) groups is 1. The topological polar surface area (TPSA) is 47.8 Å². The lowest BCUT2D eigenvalue weighted by atomic mass is 10.1. The van der Waals surface area contributed by atoms with Gasteiger partial charge in [-0.05, 0) is 43.3 Å². The van der Waals surface area contributed by atoms with Gasteiger partial charge in [-0.1, -0.05) is 39.7 Å². The number of hydrogen-bond donors (Lipinski definition) is 0. The molecule has 0 unspecified atom stereocenters. The molecule has 0 saturated carbocycles. The van der Waals surface area contributed by atoms with Crippen LogP contribution in [0.3, 0.4) is 0 Å². The molecule has 3 aromatic rings. The van der Waals surface area contributed by atoms with Gasteiger partial charge in [0.2, 0.25) is 0 Å². The fraction of sp³-hybridized carbons (Fsp3) is 0.118. The molecule has 0 aliphatic heterocycles. The molecule has 0 aliphatic rings. The van der Waals surface area contributed by atoms with E-state index in [-0.39, 0.29) is 12.2 Å². The minimum Gasteiger partial charge on any atom is -0.300 e. The second-order valence-corrected chi connectivity index (χ2v) is 6.50. The molecule has 0 atom stereocenters. The Morgan fingerprint density at radius 1 is 1.09 bits per heavy atom. The number of ketones is 1. The second-order valence-electron chi connectivity index (χ2n) is 5.15. The lowest BCUT2D eigenvalue weighted by molar-refractivity contribution is -0.116. The van der Waals surface area contributed by atoms with Crippen molar-refractivity contribution >= 4 is 33.3 Å². The largest absolute Gasteiger partial charge is 0.300 e. The van der Waals surface area contributed by atoms with Crippen molar-refractivity contribution in [2.75, 3.05) is 0 Å². The molecule has 1 heterocycles. The minimum atomic E-state index is 0.0445. The van der Waals surface area contributed by atoms with E-state index in [2.05, 4.69) is 26.1 Å². The van der Waals surface area contributed by atoms with Crippen LogP contribution >= 0.6 is 27.5 Å². The van der Waals surface area contributed by atoms with Crippen LogP contribution in [0.1, 0.15) is 12.6 Å². The van der Waals surface area contributed by atoms with E-state index in [1.807, 2.05) is 36.4 Å². The molecule has 0 amide bonds. The Hall–Kier alpha value is -1.98. The van der Waals surface area contributed by atoms with Crippen LogP contribution in [0.15, 0.2) is 53.0 Å². The monoisotopic (exact) mass is 389 g/mol. The Balaban J connectivity index is 2.08. The molecule has 116 valence electrons. The molecule has 0 fully saturated rings. The zero-order valence-electron chi connectivity index (χ0n) is 12.3. The van der Waals surface area contributed by atoms with Crippen LogP contribution in [0.5, 0.6) is 0 Å². The van der Waals surface area contributed by atoms with Crippen LogP contribution in [0.2, 0.25) is 5.02 Å². The molecule has 2 aromatic carbocycles. The number of benzene rings is 2. The van der Waals surface area contributed by atoms with Crippen LogP contribution in [-0.2, 0) is 11.2 Å². The summed E-state index contributed by atoms with van der Waals surface area (Å²) in [5, 5.41) is 9.70. The fourth-order valence-electron chi connectivity index (χ4n) is 2.21. The first kappa shape index (κ1) is 15.9. The highest BCUT2D eigenvalue weighted by Crippen LogP contribution is 2.24. The Bertz CT molecular complexity index is 841. The third kappa shape index (κ3) is 3.68. The first-order valence-electron chi connectivity index (χ1n) is 7.00. The third-order valence-corrected chi connectivity index (χ3v) is 4.06. The highest BCUT2D eigenvalue weighted by Gasteiger charge is 2.15. The van der Waals surface area contributed by atoms with Crippen LogP contribution in [-0.4, -0.2) is 20.8 Å². The fourth-order valence-corrected chi connectivity index (χ4v) is 2.60. The first-order valence-corrected chi connectivity index (χ1v) is 8.17. The third-order valence-electron chi connectivity index (χ3n) is 3.28. The predicted octanol–water partition coefficient (Wildman–Crippen LogP) is 4.48. The summed E-state index contributed by atoms with van der Waals surface area (Å²) >= 11 is 9.35. The number of hydrogen-bond acceptors (Lipinski definition) is 3. The second kappa shape index (κ2) is 6.64. The number of nitrogens with zero attached hydrogens (tertiary/aromatic N) is 3. The normalized spacial score (nSPS) is 10.7. The summed E-state index contributed by atoms with van der Waals surface area (Å²) < 4.78 is 0.982. The number of carbonyl (C=O) groups excluding carboxylic acids is 1. The summed E-state index contributed by atoms with van der Waals surface area (Å²) in [5.74, 6) is 0.0445. The molecule has 3 rings (SSSR count). The summed E-state index contributed by atoms with van der Waals surface area (Å²) in [5.41, 5.74) is 3.06. The summed E-state index contributed by atoms with van der Waals surface area (Å²) in [4.78, 5) is 13.1. The van der Waals surface area contributed by atoms with Gasteiger partial charge in [-0.25, -0.2) is 0 Å². The van der Waals surface area contributed by atoms with E-state index in [9.17, 15) is 4.79 Å². The van der Waals surface area contributed by atoms with Gasteiger partial charge in [0.25, 0.3) is 0 Å². The Morgan fingerprint density at radius 3 is 2.35 bits per heavy atom. The Kier molecular flexibility index (Phi) is 4.59. The van der Waals surface area contributed by atoms with E-state index in [0.29, 0.717) is 16.4 Å². The summed E-state index contributed by atoms with van der Waals surface area (Å²) in [6, 6.07) is 15.0. The summed E-state index contributed by atoms with van der Waals surface area (Å²) in [6.45, 7) is 1.55. The van der Waals surface area contributed by atoms with E-state index >= 15 is 0 Å². The molecule has 6 heteroatoms. The van der Waals surface area contributed by atoms with Gasteiger partial charge < -0.3 is 0 Å². The van der Waals surface area contributed by atoms with Crippen molar-refractivity contribution in [3.8, 4) is 16.9 Å². The van der Waals surface area contributed by atoms with Crippen molar-refractivity contribution in [1.82, 2.24) is 15.0 Å². The van der Waals surface area contributed by atoms with E-state index in [1.54, 1.807) is 23.9 Å². The van der Waals surface area contributed by atoms with E-state index in [0.717, 1.165) is 15.7 Å². The molecular weight excluding hydrogens is 378 g/mol. The average Bonchev–Trinajstić information content (AvgIpc) is 2.92. The standard InChI is InChI=1S/C17H13BrClN3O/c1-11(23)10-16-17(12-2-6-14(19)7-3-12)21-22(20-16)15-8-4-13(18)5-9-15/h2-9H,10H2,1H3. The van der Waals surface area contributed by atoms with Crippen molar-refractivity contribution in [3.05, 3.63) is 63.7 Å². The van der Waals surface area contributed by atoms with Crippen molar-refractivity contribution in [3.63, 3.8) is 0 Å². The highest BCUT2D eigenvalue weighted by atomic mass is 79.9. The predicted molar refractivity (Wildman–Crippen MR) is 93.9 cm³/mol. The van der Waals surface area contributed by atoms with Crippen LogP contribution < -0.4 is 0 Å². The number of halogens is 2. The van der Waals surface area contributed by atoms with Crippen molar-refractivity contribution in [2.24, 2.45) is 0 Å². The van der Waals surface area contributed by atoms with Gasteiger partial charge in [0.15, 0.2) is 0 Å². The Morgan fingerprint density at radius 2 is 1.74 bits per heavy atom. The lowest BCUT2D eigenvalue weighted by Gasteiger charge is -1.99. The molecule has 4 nitrogen and oxygen atoms in total. The molecule has 0 aliphatic carbocycles. The molecule has 0 N–H and O–H groups in total. The molecule has 0 bridgehead atoms. The van der Waals surface area contributed by atoms with Crippen molar-refractivity contribution < 1.29 is 4.79 Å². The lowest BCUT2D eigenvalue weighted by Crippen LogP contribution is -2.01. The van der Waals surface area contributed by atoms with Gasteiger partial charge in [-0.15, -0.1) is 5.10 Å².